The predicted octanol–water partition coefficient (Wildman–Crippen LogP) is 1.20. The van der Waals surface area contributed by atoms with Crippen molar-refractivity contribution in [3.05, 3.63) is 70.8 Å². The topological polar surface area (TPSA) is 122 Å². The number of aliphatic hydroxyl groups excluding tert-OH is 1. The molecule has 31 heavy (non-hydrogen) atoms. The van der Waals surface area contributed by atoms with Crippen molar-refractivity contribution in [1.82, 2.24) is 10.2 Å². The van der Waals surface area contributed by atoms with Crippen molar-refractivity contribution in [1.29, 1.82) is 0 Å². The van der Waals surface area contributed by atoms with Gasteiger partial charge in [-0.05, 0) is 47.9 Å². The number of likely N-dealkylation sites (tertiary alicyclic amines) is 1. The number of benzene rings is 2. The van der Waals surface area contributed by atoms with Gasteiger partial charge in [0.2, 0.25) is 11.8 Å². The molecule has 0 radical (unpaired) electrons. The molecular weight excluding hydrogens is 392 g/mol. The Morgan fingerprint density at radius 1 is 1.10 bits per heavy atom. The van der Waals surface area contributed by atoms with E-state index in [1.165, 1.54) is 0 Å². The Morgan fingerprint density at radius 3 is 2.52 bits per heavy atom. The highest BCUT2D eigenvalue weighted by molar-refractivity contribution is 5.90. The minimum absolute atomic E-state index is 0.0133. The Bertz CT molecular complexity index is 885. The predicted molar refractivity (Wildman–Crippen MR) is 120 cm³/mol. The first-order valence-corrected chi connectivity index (χ1v) is 10.8. The molecule has 0 saturated carbocycles. The Balaban J connectivity index is 1.52. The summed E-state index contributed by atoms with van der Waals surface area (Å²) in [5.74, 6) is -0.320. The van der Waals surface area contributed by atoms with Gasteiger partial charge in [-0.25, -0.2) is 0 Å². The van der Waals surface area contributed by atoms with Gasteiger partial charge in [-0.2, -0.15) is 0 Å². The Morgan fingerprint density at radius 2 is 1.81 bits per heavy atom. The van der Waals surface area contributed by atoms with Gasteiger partial charge >= 0.3 is 0 Å². The molecule has 166 valence electrons. The first-order chi connectivity index (χ1) is 15.0. The molecule has 1 saturated heterocycles. The van der Waals surface area contributed by atoms with Gasteiger partial charge < -0.3 is 26.8 Å². The summed E-state index contributed by atoms with van der Waals surface area (Å²) in [5, 5.41) is 12.2. The van der Waals surface area contributed by atoms with Crippen molar-refractivity contribution in [2.24, 2.45) is 11.5 Å². The van der Waals surface area contributed by atoms with Crippen molar-refractivity contribution >= 4 is 11.8 Å². The average Bonchev–Trinajstić information content (AvgIpc) is 3.31. The highest BCUT2D eigenvalue weighted by atomic mass is 16.3. The lowest BCUT2D eigenvalue weighted by Gasteiger charge is -2.26. The lowest BCUT2D eigenvalue weighted by molar-refractivity contribution is -0.139. The third-order valence-electron chi connectivity index (χ3n) is 5.80. The SMILES string of the molecule is NCc1ccc(CNC(=O)C2CCCN2C(=O)[C@H](N)CCc2cccc(CO)c2)cc1. The van der Waals surface area contributed by atoms with Crippen LogP contribution in [-0.2, 0) is 35.7 Å². The minimum atomic E-state index is -0.657. The zero-order valence-corrected chi connectivity index (χ0v) is 17.8. The van der Waals surface area contributed by atoms with E-state index in [4.69, 9.17) is 11.5 Å². The molecule has 1 aliphatic heterocycles. The number of aliphatic hydroxyl groups is 1. The molecule has 2 aromatic rings. The zero-order valence-electron chi connectivity index (χ0n) is 17.8. The highest BCUT2D eigenvalue weighted by Crippen LogP contribution is 2.20. The molecule has 6 N–H and O–H groups in total. The molecule has 7 heteroatoms. The fourth-order valence-electron chi connectivity index (χ4n) is 3.95. The standard InChI is InChI=1S/C24H32N4O3/c25-14-18-6-8-19(9-7-18)15-27-23(30)22-5-2-12-28(22)24(31)21(26)11-10-17-3-1-4-20(13-17)16-29/h1,3-4,6-9,13,21-22,29H,2,5,10-12,14-16,25-26H2,(H,27,30)/t21-,22?/m1/s1. The second-order valence-corrected chi connectivity index (χ2v) is 8.05. The maximum absolute atomic E-state index is 12.9. The van der Waals surface area contributed by atoms with Gasteiger partial charge in [0.15, 0.2) is 0 Å². The molecule has 3 rings (SSSR count). The summed E-state index contributed by atoms with van der Waals surface area (Å²) in [6.45, 7) is 1.44. The Labute approximate surface area is 183 Å². The second kappa shape index (κ2) is 11.0. The lowest BCUT2D eigenvalue weighted by Crippen LogP contribution is -2.51. The quantitative estimate of drug-likeness (QED) is 0.482. The molecule has 1 fully saturated rings. The van der Waals surface area contributed by atoms with Gasteiger partial charge in [-0.15, -0.1) is 0 Å². The molecule has 1 aliphatic rings. The number of aryl methyl sites for hydroxylation is 1. The van der Waals surface area contributed by atoms with E-state index in [2.05, 4.69) is 5.32 Å². The number of nitrogens with two attached hydrogens (primary N) is 2. The fraction of sp³-hybridized carbons (Fsp3) is 0.417. The summed E-state index contributed by atoms with van der Waals surface area (Å²) < 4.78 is 0. The van der Waals surface area contributed by atoms with E-state index < -0.39 is 12.1 Å². The van der Waals surface area contributed by atoms with Crippen molar-refractivity contribution in [2.45, 2.75) is 57.5 Å². The number of nitrogens with one attached hydrogen (secondary N) is 1. The van der Waals surface area contributed by atoms with E-state index in [1.54, 1.807) is 4.90 Å². The van der Waals surface area contributed by atoms with Gasteiger partial charge in [0.25, 0.3) is 0 Å². The fourth-order valence-corrected chi connectivity index (χ4v) is 3.95. The van der Waals surface area contributed by atoms with Crippen LogP contribution in [0.15, 0.2) is 48.5 Å². The highest BCUT2D eigenvalue weighted by Gasteiger charge is 2.35. The average molecular weight is 425 g/mol. The third-order valence-corrected chi connectivity index (χ3v) is 5.80. The van der Waals surface area contributed by atoms with Crippen LogP contribution in [0.3, 0.4) is 0 Å². The molecule has 2 aromatic carbocycles. The number of hydrogen-bond acceptors (Lipinski definition) is 5. The summed E-state index contributed by atoms with van der Waals surface area (Å²) in [6, 6.07) is 14.3. The summed E-state index contributed by atoms with van der Waals surface area (Å²) in [5.41, 5.74) is 15.7. The van der Waals surface area contributed by atoms with E-state index in [0.717, 1.165) is 28.7 Å². The number of amides is 2. The summed E-state index contributed by atoms with van der Waals surface area (Å²) in [7, 11) is 0. The molecule has 0 spiro atoms. The molecule has 0 aliphatic carbocycles. The van der Waals surface area contributed by atoms with Crippen molar-refractivity contribution in [2.75, 3.05) is 6.54 Å². The lowest BCUT2D eigenvalue weighted by atomic mass is 10.0. The van der Waals surface area contributed by atoms with Crippen molar-refractivity contribution in [3.8, 4) is 0 Å². The zero-order chi connectivity index (χ0) is 22.2. The van der Waals surface area contributed by atoms with Gasteiger partial charge in [-0.1, -0.05) is 48.5 Å². The van der Waals surface area contributed by atoms with Gasteiger partial charge in [0, 0.05) is 19.6 Å². The molecule has 1 heterocycles. The van der Waals surface area contributed by atoms with Gasteiger partial charge in [0.1, 0.15) is 6.04 Å². The van der Waals surface area contributed by atoms with Gasteiger partial charge in [0.05, 0.1) is 12.6 Å². The first kappa shape index (κ1) is 22.9. The maximum Gasteiger partial charge on any atom is 0.243 e. The minimum Gasteiger partial charge on any atom is -0.392 e. The molecule has 7 nitrogen and oxygen atoms in total. The normalized spacial score (nSPS) is 16.9. The molecular formula is C24H32N4O3. The molecule has 0 aromatic heterocycles. The van der Waals surface area contributed by atoms with E-state index in [-0.39, 0.29) is 18.4 Å². The number of carbonyl (C=O) groups is 2. The van der Waals surface area contributed by atoms with E-state index in [0.29, 0.717) is 38.9 Å². The summed E-state index contributed by atoms with van der Waals surface area (Å²) in [4.78, 5) is 27.3. The first-order valence-electron chi connectivity index (χ1n) is 10.8. The van der Waals surface area contributed by atoms with Crippen LogP contribution in [0.25, 0.3) is 0 Å². The second-order valence-electron chi connectivity index (χ2n) is 8.05. The number of nitrogens with zero attached hydrogens (tertiary/aromatic N) is 1. The Hall–Kier alpha value is -2.74. The third kappa shape index (κ3) is 6.13. The van der Waals surface area contributed by atoms with Crippen molar-refractivity contribution < 1.29 is 14.7 Å². The van der Waals surface area contributed by atoms with Crippen LogP contribution >= 0.6 is 0 Å². The van der Waals surface area contributed by atoms with Crippen LogP contribution in [0, 0.1) is 0 Å². The van der Waals surface area contributed by atoms with Crippen LogP contribution in [0.5, 0.6) is 0 Å². The number of carbonyl (C=O) groups excluding carboxylic acids is 2. The summed E-state index contributed by atoms with van der Waals surface area (Å²) in [6.07, 6.45) is 2.57. The largest absolute Gasteiger partial charge is 0.392 e. The van der Waals surface area contributed by atoms with Crippen LogP contribution in [0.1, 0.15) is 41.5 Å². The molecule has 1 unspecified atom stereocenters. The maximum atomic E-state index is 12.9. The van der Waals surface area contributed by atoms with E-state index >= 15 is 0 Å². The molecule has 2 amide bonds. The van der Waals surface area contributed by atoms with Crippen LogP contribution in [-0.4, -0.2) is 40.4 Å². The van der Waals surface area contributed by atoms with Crippen LogP contribution in [0.4, 0.5) is 0 Å². The molecule has 0 bridgehead atoms. The van der Waals surface area contributed by atoms with E-state index in [1.807, 2.05) is 48.5 Å². The molecule has 2 atom stereocenters. The smallest absolute Gasteiger partial charge is 0.243 e. The van der Waals surface area contributed by atoms with Gasteiger partial charge in [-0.3, -0.25) is 9.59 Å². The Kier molecular flexibility index (Phi) is 8.17. The van der Waals surface area contributed by atoms with Crippen LogP contribution in [0.2, 0.25) is 0 Å². The van der Waals surface area contributed by atoms with E-state index in [9.17, 15) is 14.7 Å². The number of rotatable bonds is 9. The number of hydrogen-bond donors (Lipinski definition) is 4. The monoisotopic (exact) mass is 424 g/mol. The van der Waals surface area contributed by atoms with Crippen LogP contribution < -0.4 is 16.8 Å². The summed E-state index contributed by atoms with van der Waals surface area (Å²) >= 11 is 0. The van der Waals surface area contributed by atoms with Crippen molar-refractivity contribution in [3.63, 3.8) is 0 Å².